The Morgan fingerprint density at radius 1 is 0.812 bits per heavy atom. The van der Waals surface area contributed by atoms with Crippen LogP contribution in [-0.2, 0) is 5.41 Å². The Bertz CT molecular complexity index is 1340. The smallest absolute Gasteiger partial charge is 0.0798 e. The Morgan fingerprint density at radius 2 is 1.56 bits per heavy atom. The lowest BCUT2D eigenvalue weighted by Crippen LogP contribution is -2.28. The van der Waals surface area contributed by atoms with Gasteiger partial charge in [-0.2, -0.15) is 0 Å². The molecule has 0 spiro atoms. The van der Waals surface area contributed by atoms with Crippen molar-refractivity contribution in [2.45, 2.75) is 52.5 Å². The molecule has 4 aromatic rings. The molecule has 0 N–H and O–H groups in total. The van der Waals surface area contributed by atoms with Crippen LogP contribution in [0.25, 0.3) is 27.6 Å². The van der Waals surface area contributed by atoms with Gasteiger partial charge in [0.25, 0.3) is 0 Å². The largest absolute Gasteiger partial charge is 0.366 e. The van der Waals surface area contributed by atoms with E-state index in [1.165, 1.54) is 49.4 Å². The van der Waals surface area contributed by atoms with Gasteiger partial charge in [-0.25, -0.2) is 0 Å². The van der Waals surface area contributed by atoms with Gasteiger partial charge in [0, 0.05) is 12.7 Å². The zero-order valence-electron chi connectivity index (χ0n) is 19.9. The summed E-state index contributed by atoms with van der Waals surface area (Å²) >= 11 is 0. The van der Waals surface area contributed by atoms with Crippen molar-refractivity contribution in [3.63, 3.8) is 0 Å². The van der Waals surface area contributed by atoms with Gasteiger partial charge in [-0.1, -0.05) is 94.4 Å². The van der Waals surface area contributed by atoms with Gasteiger partial charge in [-0.05, 0) is 74.2 Å². The number of nitrogens with zero attached hydrogens (tertiary/aromatic N) is 1. The first-order valence-corrected chi connectivity index (χ1v) is 11.9. The SMILES string of the molecule is CCCN1C=Cc2c(ccc3c2ccc2ccc(C(C)(C)C)cc23)C1c1ccccc1C. The van der Waals surface area contributed by atoms with Crippen LogP contribution in [-0.4, -0.2) is 11.4 Å². The fourth-order valence-electron chi connectivity index (χ4n) is 5.20. The third-order valence-corrected chi connectivity index (χ3v) is 6.98. The minimum absolute atomic E-state index is 0.140. The third-order valence-electron chi connectivity index (χ3n) is 6.98. The van der Waals surface area contributed by atoms with E-state index in [1.54, 1.807) is 0 Å². The predicted octanol–water partition coefficient (Wildman–Crippen LogP) is 8.38. The fourth-order valence-corrected chi connectivity index (χ4v) is 5.20. The summed E-state index contributed by atoms with van der Waals surface area (Å²) in [5.41, 5.74) is 7.06. The van der Waals surface area contributed by atoms with Crippen molar-refractivity contribution in [1.82, 2.24) is 4.90 Å². The molecule has 0 bridgehead atoms. The Morgan fingerprint density at radius 3 is 2.31 bits per heavy atom. The Kier molecular flexibility index (Phi) is 5.08. The molecular weight excluding hydrogens is 386 g/mol. The Labute approximate surface area is 192 Å². The number of fused-ring (bicyclic) bond motifs is 5. The van der Waals surface area contributed by atoms with Crippen molar-refractivity contribution < 1.29 is 0 Å². The van der Waals surface area contributed by atoms with E-state index in [4.69, 9.17) is 0 Å². The summed E-state index contributed by atoms with van der Waals surface area (Å²) in [5.74, 6) is 0. The zero-order valence-corrected chi connectivity index (χ0v) is 19.9. The van der Waals surface area contributed by atoms with Gasteiger partial charge in [-0.15, -0.1) is 0 Å². The summed E-state index contributed by atoms with van der Waals surface area (Å²) in [6.07, 6.45) is 5.79. The molecule has 0 amide bonds. The van der Waals surface area contributed by atoms with Gasteiger partial charge in [0.05, 0.1) is 6.04 Å². The van der Waals surface area contributed by atoms with Crippen molar-refractivity contribution >= 4 is 27.6 Å². The molecule has 1 nitrogen and oxygen atoms in total. The number of rotatable bonds is 3. The maximum absolute atomic E-state index is 2.51. The number of benzene rings is 4. The first-order chi connectivity index (χ1) is 15.4. The van der Waals surface area contributed by atoms with E-state index in [1.807, 2.05) is 0 Å². The summed E-state index contributed by atoms with van der Waals surface area (Å²) < 4.78 is 0. The Hall–Kier alpha value is -3.06. The molecule has 1 atom stereocenters. The molecule has 1 heterocycles. The van der Waals surface area contributed by atoms with E-state index >= 15 is 0 Å². The molecule has 32 heavy (non-hydrogen) atoms. The van der Waals surface area contributed by atoms with Crippen LogP contribution in [0.4, 0.5) is 0 Å². The highest BCUT2D eigenvalue weighted by atomic mass is 15.1. The van der Waals surface area contributed by atoms with Crippen LogP contribution in [0.3, 0.4) is 0 Å². The topological polar surface area (TPSA) is 3.24 Å². The molecule has 0 fully saturated rings. The first kappa shape index (κ1) is 20.8. The highest BCUT2D eigenvalue weighted by molar-refractivity contribution is 6.10. The summed E-state index contributed by atoms with van der Waals surface area (Å²) in [5, 5.41) is 5.37. The van der Waals surface area contributed by atoms with Gasteiger partial charge >= 0.3 is 0 Å². The molecular formula is C31H33N. The lowest BCUT2D eigenvalue weighted by atomic mass is 9.83. The van der Waals surface area contributed by atoms with Gasteiger partial charge in [0.1, 0.15) is 0 Å². The van der Waals surface area contributed by atoms with Gasteiger partial charge in [0.2, 0.25) is 0 Å². The van der Waals surface area contributed by atoms with Crippen LogP contribution < -0.4 is 0 Å². The molecule has 0 aromatic heterocycles. The average Bonchev–Trinajstić information content (AvgIpc) is 2.78. The Balaban J connectivity index is 1.76. The standard InChI is InChI=1S/C31H33N/c1-6-18-32-19-17-27-25-14-12-22-11-13-23(31(3,4)5)20-29(22)26(25)15-16-28(27)30(32)24-10-8-7-9-21(24)2/h7-17,19-20,30H,6,18H2,1-5H3. The molecule has 0 aliphatic carbocycles. The quantitative estimate of drug-likeness (QED) is 0.301. The van der Waals surface area contributed by atoms with Crippen LogP contribution in [0.15, 0.2) is 72.9 Å². The van der Waals surface area contributed by atoms with Crippen LogP contribution in [0, 0.1) is 6.92 Å². The lowest BCUT2D eigenvalue weighted by molar-refractivity contribution is 0.314. The van der Waals surface area contributed by atoms with Gasteiger partial charge < -0.3 is 4.90 Å². The molecule has 0 radical (unpaired) electrons. The second-order valence-corrected chi connectivity index (χ2v) is 10.2. The van der Waals surface area contributed by atoms with E-state index in [-0.39, 0.29) is 11.5 Å². The highest BCUT2D eigenvalue weighted by Crippen LogP contribution is 2.41. The summed E-state index contributed by atoms with van der Waals surface area (Å²) in [7, 11) is 0. The summed E-state index contributed by atoms with van der Waals surface area (Å²) in [4.78, 5) is 2.51. The molecule has 162 valence electrons. The molecule has 0 saturated heterocycles. The lowest BCUT2D eigenvalue weighted by Gasteiger charge is -2.36. The maximum Gasteiger partial charge on any atom is 0.0798 e. The zero-order chi connectivity index (χ0) is 22.5. The molecule has 1 unspecified atom stereocenters. The van der Waals surface area contributed by atoms with Crippen molar-refractivity contribution in [3.05, 3.63) is 101 Å². The number of aryl methyl sites for hydroxylation is 1. The van der Waals surface area contributed by atoms with Crippen molar-refractivity contribution in [1.29, 1.82) is 0 Å². The molecule has 1 aliphatic heterocycles. The van der Waals surface area contributed by atoms with Gasteiger partial charge in [-0.3, -0.25) is 0 Å². The number of hydrogen-bond donors (Lipinski definition) is 0. The molecule has 1 aliphatic rings. The van der Waals surface area contributed by atoms with Crippen LogP contribution in [0.5, 0.6) is 0 Å². The van der Waals surface area contributed by atoms with Crippen LogP contribution >= 0.6 is 0 Å². The summed E-state index contributed by atoms with van der Waals surface area (Å²) in [6.45, 7) is 12.4. The van der Waals surface area contributed by atoms with E-state index in [0.29, 0.717) is 0 Å². The minimum atomic E-state index is 0.140. The first-order valence-electron chi connectivity index (χ1n) is 11.9. The molecule has 1 heteroatoms. The molecule has 0 saturated carbocycles. The fraction of sp³-hybridized carbons (Fsp3) is 0.290. The molecule has 4 aromatic carbocycles. The average molecular weight is 420 g/mol. The second-order valence-electron chi connectivity index (χ2n) is 10.2. The normalized spacial score (nSPS) is 16.0. The number of hydrogen-bond acceptors (Lipinski definition) is 1. The van der Waals surface area contributed by atoms with Crippen molar-refractivity contribution in [3.8, 4) is 0 Å². The monoisotopic (exact) mass is 419 g/mol. The summed E-state index contributed by atoms with van der Waals surface area (Å²) in [6, 6.07) is 25.4. The minimum Gasteiger partial charge on any atom is -0.366 e. The van der Waals surface area contributed by atoms with Crippen LogP contribution in [0.2, 0.25) is 0 Å². The van der Waals surface area contributed by atoms with E-state index < -0.39 is 0 Å². The predicted molar refractivity (Wildman–Crippen MR) is 139 cm³/mol. The van der Waals surface area contributed by atoms with E-state index in [0.717, 1.165) is 13.0 Å². The van der Waals surface area contributed by atoms with E-state index in [9.17, 15) is 0 Å². The van der Waals surface area contributed by atoms with Crippen molar-refractivity contribution in [2.24, 2.45) is 0 Å². The second kappa shape index (κ2) is 7.81. The van der Waals surface area contributed by atoms with Crippen LogP contribution in [0.1, 0.15) is 68.0 Å². The maximum atomic E-state index is 2.51. The van der Waals surface area contributed by atoms with Gasteiger partial charge in [0.15, 0.2) is 0 Å². The highest BCUT2D eigenvalue weighted by Gasteiger charge is 2.27. The third kappa shape index (κ3) is 3.41. The van der Waals surface area contributed by atoms with E-state index in [2.05, 4.69) is 119 Å². The molecule has 5 rings (SSSR count). The van der Waals surface area contributed by atoms with Crippen molar-refractivity contribution in [2.75, 3.05) is 6.54 Å².